The number of Topliss-reactive ketones (excluding diaryl/α,β-unsaturated/α-hetero) is 1. The normalized spacial score (nSPS) is 22.2. The highest BCUT2D eigenvalue weighted by molar-refractivity contribution is 5.99. The Morgan fingerprint density at radius 1 is 1.37 bits per heavy atom. The van der Waals surface area contributed by atoms with Gasteiger partial charge in [-0.25, -0.2) is 0 Å². The first kappa shape index (κ1) is 14.3. The molecule has 1 fully saturated rings. The molecular formula is C17H25NO. The Bertz CT molecular complexity index is 423. The molecule has 1 aliphatic rings. The van der Waals surface area contributed by atoms with Gasteiger partial charge < -0.3 is 0 Å². The fourth-order valence-electron chi connectivity index (χ4n) is 2.91. The van der Waals surface area contributed by atoms with E-state index in [4.69, 9.17) is 0 Å². The lowest BCUT2D eigenvalue weighted by molar-refractivity contribution is 0.0749. The number of carbonyl (C=O) groups is 1. The predicted molar refractivity (Wildman–Crippen MR) is 79.6 cm³/mol. The molecule has 1 aliphatic heterocycles. The van der Waals surface area contributed by atoms with Gasteiger partial charge in [-0.1, -0.05) is 43.2 Å². The first-order valence-electron chi connectivity index (χ1n) is 7.46. The van der Waals surface area contributed by atoms with Crippen LogP contribution in [0.2, 0.25) is 0 Å². The molecule has 0 spiro atoms. The summed E-state index contributed by atoms with van der Waals surface area (Å²) in [5.41, 5.74) is 2.05. The van der Waals surface area contributed by atoms with E-state index in [-0.39, 0.29) is 11.8 Å². The van der Waals surface area contributed by atoms with Crippen LogP contribution in [-0.2, 0) is 0 Å². The number of likely N-dealkylation sites (tertiary alicyclic amines) is 1. The van der Waals surface area contributed by atoms with Crippen LogP contribution in [0.15, 0.2) is 24.3 Å². The summed E-state index contributed by atoms with van der Waals surface area (Å²) in [6, 6.07) is 7.96. The van der Waals surface area contributed by atoms with Crippen LogP contribution in [0.5, 0.6) is 0 Å². The van der Waals surface area contributed by atoms with Gasteiger partial charge in [0, 0.05) is 12.1 Å². The molecule has 1 saturated heterocycles. The van der Waals surface area contributed by atoms with Crippen LogP contribution < -0.4 is 0 Å². The fraction of sp³-hybridized carbons (Fsp3) is 0.588. The molecule has 0 saturated carbocycles. The molecule has 0 amide bonds. The Balaban J connectivity index is 2.04. The van der Waals surface area contributed by atoms with Crippen LogP contribution in [-0.4, -0.2) is 29.8 Å². The molecule has 1 aromatic carbocycles. The number of rotatable bonds is 4. The second kappa shape index (κ2) is 6.33. The predicted octanol–water partition coefficient (Wildman–Crippen LogP) is 3.69. The molecule has 1 aromatic rings. The van der Waals surface area contributed by atoms with Gasteiger partial charge in [0.05, 0.1) is 6.04 Å². The molecule has 2 rings (SSSR count). The van der Waals surface area contributed by atoms with Crippen molar-refractivity contribution in [1.29, 1.82) is 0 Å². The third kappa shape index (κ3) is 3.44. The van der Waals surface area contributed by atoms with Crippen LogP contribution >= 0.6 is 0 Å². The van der Waals surface area contributed by atoms with Gasteiger partial charge in [-0.05, 0) is 39.2 Å². The van der Waals surface area contributed by atoms with E-state index in [2.05, 4.69) is 18.7 Å². The lowest BCUT2D eigenvalue weighted by atomic mass is 9.93. The number of hydrogen-bond donors (Lipinski definition) is 0. The summed E-state index contributed by atoms with van der Waals surface area (Å²) in [6.07, 6.45) is 3.77. The minimum atomic E-state index is 0.0112. The molecule has 0 N–H and O–H groups in total. The molecule has 104 valence electrons. The Hall–Kier alpha value is -1.15. The highest BCUT2D eigenvalue weighted by Crippen LogP contribution is 2.22. The topological polar surface area (TPSA) is 20.3 Å². The largest absolute Gasteiger partial charge is 0.293 e. The maximum Gasteiger partial charge on any atom is 0.179 e. The second-order valence-electron chi connectivity index (χ2n) is 5.82. The summed E-state index contributed by atoms with van der Waals surface area (Å²) in [5, 5.41) is 0. The molecule has 2 unspecified atom stereocenters. The van der Waals surface area contributed by atoms with E-state index in [1.54, 1.807) is 0 Å². The number of ketones is 1. The molecule has 2 heteroatoms. The van der Waals surface area contributed by atoms with Crippen molar-refractivity contribution in [2.45, 2.75) is 46.1 Å². The van der Waals surface area contributed by atoms with Gasteiger partial charge in [-0.2, -0.15) is 0 Å². The smallest absolute Gasteiger partial charge is 0.179 e. The number of hydrogen-bond acceptors (Lipinski definition) is 2. The van der Waals surface area contributed by atoms with E-state index >= 15 is 0 Å². The molecule has 0 radical (unpaired) electrons. The summed E-state index contributed by atoms with van der Waals surface area (Å²) < 4.78 is 0. The molecule has 0 aliphatic carbocycles. The average molecular weight is 259 g/mol. The van der Waals surface area contributed by atoms with Crippen molar-refractivity contribution in [3.8, 4) is 0 Å². The van der Waals surface area contributed by atoms with E-state index in [9.17, 15) is 4.79 Å². The van der Waals surface area contributed by atoms with Crippen LogP contribution in [0.3, 0.4) is 0 Å². The number of carbonyl (C=O) groups excluding carboxylic acids is 1. The third-order valence-corrected chi connectivity index (χ3v) is 4.39. The highest BCUT2D eigenvalue weighted by atomic mass is 16.1. The Morgan fingerprint density at radius 3 is 2.68 bits per heavy atom. The summed E-state index contributed by atoms with van der Waals surface area (Å²) in [6.45, 7) is 8.50. The highest BCUT2D eigenvalue weighted by Gasteiger charge is 2.27. The molecule has 0 aromatic heterocycles. The van der Waals surface area contributed by atoms with Crippen molar-refractivity contribution >= 4 is 5.78 Å². The van der Waals surface area contributed by atoms with Gasteiger partial charge in [0.1, 0.15) is 0 Å². The van der Waals surface area contributed by atoms with E-state index in [0.29, 0.717) is 0 Å². The van der Waals surface area contributed by atoms with Crippen molar-refractivity contribution in [3.63, 3.8) is 0 Å². The van der Waals surface area contributed by atoms with Crippen molar-refractivity contribution < 1.29 is 4.79 Å². The van der Waals surface area contributed by atoms with E-state index in [1.165, 1.54) is 24.8 Å². The average Bonchev–Trinajstić information content (AvgIpc) is 2.46. The zero-order valence-corrected chi connectivity index (χ0v) is 12.4. The van der Waals surface area contributed by atoms with Gasteiger partial charge in [0.2, 0.25) is 0 Å². The fourth-order valence-corrected chi connectivity index (χ4v) is 2.91. The van der Waals surface area contributed by atoms with Crippen molar-refractivity contribution in [3.05, 3.63) is 35.4 Å². The minimum absolute atomic E-state index is 0.0112. The molecule has 2 atom stereocenters. The molecule has 19 heavy (non-hydrogen) atoms. The van der Waals surface area contributed by atoms with Crippen LogP contribution in [0.1, 0.15) is 49.0 Å². The van der Waals surface area contributed by atoms with Crippen LogP contribution in [0.25, 0.3) is 0 Å². The molecule has 1 heterocycles. The van der Waals surface area contributed by atoms with Crippen LogP contribution in [0.4, 0.5) is 0 Å². The SMILES string of the molecule is CCC1CCCN(C(C)C(=O)c2ccc(C)cc2)C1. The van der Waals surface area contributed by atoms with Gasteiger partial charge in [0.15, 0.2) is 5.78 Å². The molecule has 0 bridgehead atoms. The summed E-state index contributed by atoms with van der Waals surface area (Å²) in [7, 11) is 0. The standard InChI is InChI=1S/C17H25NO/c1-4-15-6-5-11-18(12-15)14(3)17(19)16-9-7-13(2)8-10-16/h7-10,14-15H,4-6,11-12H2,1-3H3. The Labute approximate surface area is 116 Å². The van der Waals surface area contributed by atoms with Crippen molar-refractivity contribution in [2.24, 2.45) is 5.92 Å². The van der Waals surface area contributed by atoms with Crippen LogP contribution in [0, 0.1) is 12.8 Å². The number of piperidine rings is 1. The first-order valence-corrected chi connectivity index (χ1v) is 7.46. The molecular weight excluding hydrogens is 234 g/mol. The third-order valence-electron chi connectivity index (χ3n) is 4.39. The summed E-state index contributed by atoms with van der Waals surface area (Å²) in [5.74, 6) is 1.03. The zero-order valence-electron chi connectivity index (χ0n) is 12.4. The quantitative estimate of drug-likeness (QED) is 0.769. The van der Waals surface area contributed by atoms with E-state index in [0.717, 1.165) is 24.6 Å². The van der Waals surface area contributed by atoms with Gasteiger partial charge >= 0.3 is 0 Å². The molecule has 2 nitrogen and oxygen atoms in total. The van der Waals surface area contributed by atoms with E-state index in [1.807, 2.05) is 31.2 Å². The van der Waals surface area contributed by atoms with Crippen molar-refractivity contribution in [1.82, 2.24) is 4.90 Å². The monoisotopic (exact) mass is 259 g/mol. The van der Waals surface area contributed by atoms with E-state index < -0.39 is 0 Å². The zero-order chi connectivity index (χ0) is 13.8. The summed E-state index contributed by atoms with van der Waals surface area (Å²) >= 11 is 0. The number of nitrogens with zero attached hydrogens (tertiary/aromatic N) is 1. The van der Waals surface area contributed by atoms with Gasteiger partial charge in [-0.15, -0.1) is 0 Å². The van der Waals surface area contributed by atoms with Crippen molar-refractivity contribution in [2.75, 3.05) is 13.1 Å². The lowest BCUT2D eigenvalue weighted by Crippen LogP contribution is -2.45. The van der Waals surface area contributed by atoms with Gasteiger partial charge in [0.25, 0.3) is 0 Å². The first-order chi connectivity index (χ1) is 9.11. The Morgan fingerprint density at radius 2 is 2.05 bits per heavy atom. The number of benzene rings is 1. The van der Waals surface area contributed by atoms with Gasteiger partial charge in [-0.3, -0.25) is 9.69 Å². The summed E-state index contributed by atoms with van der Waals surface area (Å²) in [4.78, 5) is 14.9. The Kier molecular flexibility index (Phi) is 4.76. The minimum Gasteiger partial charge on any atom is -0.293 e. The maximum absolute atomic E-state index is 12.5. The lowest BCUT2D eigenvalue weighted by Gasteiger charge is -2.35. The maximum atomic E-state index is 12.5. The second-order valence-corrected chi connectivity index (χ2v) is 5.82. The number of aryl methyl sites for hydroxylation is 1.